The summed E-state index contributed by atoms with van der Waals surface area (Å²) in [6, 6.07) is 6.37. The monoisotopic (exact) mass is 562 g/mol. The van der Waals surface area contributed by atoms with E-state index in [1.807, 2.05) is 0 Å². The number of nitrogens with one attached hydrogen (secondary N) is 1. The highest BCUT2D eigenvalue weighted by Crippen LogP contribution is 2.45. The molecule has 2 N–H and O–H groups in total. The van der Waals surface area contributed by atoms with Gasteiger partial charge in [-0.1, -0.05) is 11.6 Å². The lowest BCUT2D eigenvalue weighted by Crippen LogP contribution is -2.45. The Bertz CT molecular complexity index is 1430. The van der Waals surface area contributed by atoms with Crippen molar-refractivity contribution in [2.24, 2.45) is 5.92 Å². The first-order valence-corrected chi connectivity index (χ1v) is 12.7. The van der Waals surface area contributed by atoms with E-state index in [1.54, 1.807) is 0 Å². The summed E-state index contributed by atoms with van der Waals surface area (Å²) in [5.41, 5.74) is -3.80. The first-order chi connectivity index (χ1) is 18.6. The van der Waals surface area contributed by atoms with Gasteiger partial charge in [0.25, 0.3) is 18.2 Å². The number of halogens is 5. The summed E-state index contributed by atoms with van der Waals surface area (Å²) >= 11 is 5.85. The molecule has 1 saturated carbocycles. The molecule has 204 valence electrons. The third-order valence-electron chi connectivity index (χ3n) is 7.26. The molecule has 0 bridgehead atoms. The number of carbonyl (C=O) groups is 2. The molecule has 1 aromatic carbocycles. The predicted octanol–water partition coefficient (Wildman–Crippen LogP) is 4.92. The summed E-state index contributed by atoms with van der Waals surface area (Å²) in [5, 5.41) is 14.3. The standard InChI is InChI=1S/C27H23ClF4N4O3/c28-15-10-18(22(23(31)32)34-12-15)25(37)35-17-6-3-14(4-7-17)13-36-24-19(2-1-9-33-24)27(39,26(36)38)20-11-16(29)5-8-21(20)30/h1-2,5,8-12,14,17,23,39H,3-4,6-7,13H2,(H,35,37)/t14-,17-,27?. The lowest BCUT2D eigenvalue weighted by atomic mass is 9.85. The molecule has 0 radical (unpaired) electrons. The van der Waals surface area contributed by atoms with E-state index in [0.717, 1.165) is 30.5 Å². The first kappa shape index (κ1) is 27.0. The fraction of sp³-hybridized carbons (Fsp3) is 0.333. The highest BCUT2D eigenvalue weighted by Gasteiger charge is 2.53. The Morgan fingerprint density at radius 1 is 1.13 bits per heavy atom. The van der Waals surface area contributed by atoms with Gasteiger partial charge in [0, 0.05) is 36.1 Å². The molecule has 5 rings (SSSR count). The average molecular weight is 563 g/mol. The van der Waals surface area contributed by atoms with Crippen molar-refractivity contribution in [3.05, 3.63) is 87.8 Å². The maximum absolute atomic E-state index is 14.7. The lowest BCUT2D eigenvalue weighted by Gasteiger charge is -2.32. The quantitative estimate of drug-likeness (QED) is 0.416. The fourth-order valence-corrected chi connectivity index (χ4v) is 5.48. The molecular formula is C27H23ClF4N4O3. The molecule has 2 amide bonds. The Labute approximate surface area is 225 Å². The van der Waals surface area contributed by atoms with Crippen molar-refractivity contribution in [3.63, 3.8) is 0 Å². The molecule has 1 unspecified atom stereocenters. The van der Waals surface area contributed by atoms with E-state index in [9.17, 15) is 32.3 Å². The van der Waals surface area contributed by atoms with E-state index >= 15 is 0 Å². The second-order valence-corrected chi connectivity index (χ2v) is 10.1. The van der Waals surface area contributed by atoms with Crippen LogP contribution in [0.2, 0.25) is 5.02 Å². The van der Waals surface area contributed by atoms with Crippen molar-refractivity contribution in [3.8, 4) is 0 Å². The summed E-state index contributed by atoms with van der Waals surface area (Å²) in [5.74, 6) is -3.14. The SMILES string of the molecule is O=C(N[C@H]1CC[C@H](CN2C(=O)C(O)(c3cc(F)ccc3F)c3cccnc32)CC1)c1cc(Cl)cnc1C(F)F. The third-order valence-corrected chi connectivity index (χ3v) is 7.47. The molecule has 2 aromatic heterocycles. The molecule has 1 fully saturated rings. The van der Waals surface area contributed by atoms with E-state index in [-0.39, 0.29) is 40.5 Å². The maximum atomic E-state index is 14.7. The number of benzene rings is 1. The number of rotatable bonds is 6. The number of hydrogen-bond donors (Lipinski definition) is 2. The van der Waals surface area contributed by atoms with Gasteiger partial charge < -0.3 is 10.4 Å². The van der Waals surface area contributed by atoms with Gasteiger partial charge >= 0.3 is 0 Å². The molecule has 1 atom stereocenters. The van der Waals surface area contributed by atoms with Gasteiger partial charge in [0.2, 0.25) is 5.60 Å². The van der Waals surface area contributed by atoms with Crippen molar-refractivity contribution < 1.29 is 32.3 Å². The number of fused-ring (bicyclic) bond motifs is 1. The second-order valence-electron chi connectivity index (χ2n) is 9.70. The summed E-state index contributed by atoms with van der Waals surface area (Å²) in [4.78, 5) is 35.3. The second kappa shape index (κ2) is 10.5. The minimum atomic E-state index is -2.94. The Balaban J connectivity index is 1.29. The number of aliphatic hydroxyl groups is 1. The van der Waals surface area contributed by atoms with Gasteiger partial charge in [-0.25, -0.2) is 22.5 Å². The number of anilines is 1. The zero-order valence-electron chi connectivity index (χ0n) is 20.4. The number of carbonyl (C=O) groups excluding carboxylic acids is 2. The first-order valence-electron chi connectivity index (χ1n) is 12.3. The molecule has 0 saturated heterocycles. The van der Waals surface area contributed by atoms with Crippen LogP contribution in [0.4, 0.5) is 23.4 Å². The molecule has 39 heavy (non-hydrogen) atoms. The van der Waals surface area contributed by atoms with Crippen LogP contribution < -0.4 is 10.2 Å². The average Bonchev–Trinajstić information content (AvgIpc) is 3.13. The van der Waals surface area contributed by atoms with Gasteiger partial charge in [-0.3, -0.25) is 19.5 Å². The number of hydrogen-bond acceptors (Lipinski definition) is 5. The minimum absolute atomic E-state index is 0.0545. The van der Waals surface area contributed by atoms with Gasteiger partial charge in [0.1, 0.15) is 23.1 Å². The van der Waals surface area contributed by atoms with E-state index in [2.05, 4.69) is 15.3 Å². The van der Waals surface area contributed by atoms with Crippen molar-refractivity contribution in [1.29, 1.82) is 0 Å². The maximum Gasteiger partial charge on any atom is 0.281 e. The highest BCUT2D eigenvalue weighted by atomic mass is 35.5. The zero-order valence-corrected chi connectivity index (χ0v) is 21.1. The van der Waals surface area contributed by atoms with Crippen LogP contribution >= 0.6 is 11.6 Å². The Hall–Kier alpha value is -3.57. The van der Waals surface area contributed by atoms with Crippen LogP contribution in [0.25, 0.3) is 0 Å². The molecule has 0 spiro atoms. The smallest absolute Gasteiger partial charge is 0.281 e. The zero-order chi connectivity index (χ0) is 27.9. The van der Waals surface area contributed by atoms with E-state index in [4.69, 9.17) is 11.6 Å². The highest BCUT2D eigenvalue weighted by molar-refractivity contribution is 6.30. The van der Waals surface area contributed by atoms with E-state index in [0.29, 0.717) is 25.7 Å². The van der Waals surface area contributed by atoms with Gasteiger partial charge in [-0.15, -0.1) is 0 Å². The lowest BCUT2D eigenvalue weighted by molar-refractivity contribution is -0.132. The largest absolute Gasteiger partial charge is 0.372 e. The Kier molecular flexibility index (Phi) is 7.30. The molecule has 7 nitrogen and oxygen atoms in total. The summed E-state index contributed by atoms with van der Waals surface area (Å²) < 4.78 is 55.3. The van der Waals surface area contributed by atoms with Gasteiger partial charge in [-0.2, -0.15) is 0 Å². The van der Waals surface area contributed by atoms with Crippen molar-refractivity contribution >= 4 is 29.2 Å². The number of aromatic nitrogens is 2. The summed E-state index contributed by atoms with van der Waals surface area (Å²) in [7, 11) is 0. The van der Waals surface area contributed by atoms with Crippen molar-refractivity contribution in [2.75, 3.05) is 11.4 Å². The minimum Gasteiger partial charge on any atom is -0.372 e. The van der Waals surface area contributed by atoms with E-state index < -0.39 is 46.7 Å². The topological polar surface area (TPSA) is 95.4 Å². The fourth-order valence-electron chi connectivity index (χ4n) is 5.32. The van der Waals surface area contributed by atoms with Crippen LogP contribution in [-0.4, -0.2) is 39.5 Å². The van der Waals surface area contributed by atoms with Crippen molar-refractivity contribution in [1.82, 2.24) is 15.3 Å². The molecule has 3 aromatic rings. The number of pyridine rings is 2. The van der Waals surface area contributed by atoms with Crippen LogP contribution in [0, 0.1) is 17.6 Å². The Morgan fingerprint density at radius 3 is 2.59 bits per heavy atom. The van der Waals surface area contributed by atoms with Crippen LogP contribution in [0.5, 0.6) is 0 Å². The molecule has 1 aliphatic carbocycles. The molecule has 2 aliphatic rings. The summed E-state index contributed by atoms with van der Waals surface area (Å²) in [6.07, 6.45) is 1.72. The molecule has 12 heteroatoms. The third kappa shape index (κ3) is 4.96. The van der Waals surface area contributed by atoms with Gasteiger partial charge in [-0.05, 0) is 68.0 Å². The molecule has 1 aliphatic heterocycles. The normalized spacial score (nSPS) is 22.7. The number of amides is 2. The predicted molar refractivity (Wildman–Crippen MR) is 133 cm³/mol. The van der Waals surface area contributed by atoms with E-state index in [1.165, 1.54) is 23.2 Å². The van der Waals surface area contributed by atoms with Crippen LogP contribution in [0.1, 0.15) is 59.3 Å². The van der Waals surface area contributed by atoms with Crippen LogP contribution in [-0.2, 0) is 10.4 Å². The Morgan fingerprint density at radius 2 is 1.87 bits per heavy atom. The number of alkyl halides is 2. The van der Waals surface area contributed by atoms with Gasteiger partial charge in [0.15, 0.2) is 0 Å². The molecular weight excluding hydrogens is 540 g/mol. The number of nitrogens with zero attached hydrogens (tertiary/aromatic N) is 3. The molecule has 3 heterocycles. The van der Waals surface area contributed by atoms with Gasteiger partial charge in [0.05, 0.1) is 10.6 Å². The van der Waals surface area contributed by atoms with Crippen LogP contribution in [0.15, 0.2) is 48.8 Å². The van der Waals surface area contributed by atoms with Crippen LogP contribution in [0.3, 0.4) is 0 Å². The van der Waals surface area contributed by atoms with Crippen molar-refractivity contribution in [2.45, 2.75) is 43.8 Å². The summed E-state index contributed by atoms with van der Waals surface area (Å²) in [6.45, 7) is 0.163.